The Morgan fingerprint density at radius 1 is 0.636 bits per heavy atom. The molecule has 0 aliphatic rings. The zero-order valence-electron chi connectivity index (χ0n) is 19.5. The number of methoxy groups -OCH3 is 4. The monoisotopic (exact) mass is 450 g/mol. The van der Waals surface area contributed by atoms with E-state index in [0.717, 1.165) is 70.9 Å². The van der Waals surface area contributed by atoms with Gasteiger partial charge in [-0.15, -0.1) is 0 Å². The molecule has 0 unspecified atom stereocenters. The molecule has 0 spiro atoms. The van der Waals surface area contributed by atoms with Crippen LogP contribution in [0.3, 0.4) is 0 Å². The van der Waals surface area contributed by atoms with Crippen molar-refractivity contribution < 1.29 is 28.8 Å². The van der Waals surface area contributed by atoms with Crippen molar-refractivity contribution in [3.8, 4) is 23.0 Å². The molecule has 3 aromatic rings. The van der Waals surface area contributed by atoms with Gasteiger partial charge in [-0.1, -0.05) is 12.1 Å². The van der Waals surface area contributed by atoms with E-state index in [1.807, 2.05) is 42.5 Å². The second kappa shape index (κ2) is 11.3. The smallest absolute Gasteiger partial charge is 0.335 e. The SMILES string of the molecule is COc1cc(CCc2cc(OC)cc(CCc3ccc(C(=O)O)cc3)c2OC)cc(OC)c1. The van der Waals surface area contributed by atoms with E-state index >= 15 is 0 Å². The molecule has 3 rings (SSSR count). The molecule has 0 fully saturated rings. The highest BCUT2D eigenvalue weighted by Gasteiger charge is 2.14. The number of carbonyl (C=O) groups is 1. The molecule has 0 bridgehead atoms. The summed E-state index contributed by atoms with van der Waals surface area (Å²) in [6.45, 7) is 0. The number of hydrogen-bond acceptors (Lipinski definition) is 5. The van der Waals surface area contributed by atoms with Crippen LogP contribution in [0.4, 0.5) is 0 Å². The van der Waals surface area contributed by atoms with E-state index in [4.69, 9.17) is 24.1 Å². The van der Waals surface area contributed by atoms with Crippen molar-refractivity contribution in [3.05, 3.63) is 82.4 Å². The number of ether oxygens (including phenoxy) is 4. The lowest BCUT2D eigenvalue weighted by Crippen LogP contribution is -2.03. The molecule has 0 aliphatic carbocycles. The van der Waals surface area contributed by atoms with E-state index in [0.29, 0.717) is 0 Å². The molecule has 33 heavy (non-hydrogen) atoms. The van der Waals surface area contributed by atoms with Gasteiger partial charge in [-0.05, 0) is 84.3 Å². The molecule has 6 nitrogen and oxygen atoms in total. The summed E-state index contributed by atoms with van der Waals surface area (Å²) in [6.07, 6.45) is 3.05. The maximum absolute atomic E-state index is 11.1. The van der Waals surface area contributed by atoms with Crippen molar-refractivity contribution in [2.75, 3.05) is 28.4 Å². The molecule has 0 aromatic heterocycles. The predicted molar refractivity (Wildman–Crippen MR) is 127 cm³/mol. The number of aryl methyl sites for hydroxylation is 4. The normalized spacial score (nSPS) is 10.5. The molecule has 0 radical (unpaired) electrons. The molecular weight excluding hydrogens is 420 g/mol. The summed E-state index contributed by atoms with van der Waals surface area (Å²) in [5, 5.41) is 9.09. The highest BCUT2D eigenvalue weighted by Crippen LogP contribution is 2.32. The maximum Gasteiger partial charge on any atom is 0.335 e. The van der Waals surface area contributed by atoms with Crippen molar-refractivity contribution in [3.63, 3.8) is 0 Å². The van der Waals surface area contributed by atoms with E-state index in [1.54, 1.807) is 40.6 Å². The summed E-state index contributed by atoms with van der Waals surface area (Å²) < 4.78 is 22.1. The third-order valence-corrected chi connectivity index (χ3v) is 5.63. The lowest BCUT2D eigenvalue weighted by atomic mass is 9.96. The number of hydrogen-bond donors (Lipinski definition) is 1. The largest absolute Gasteiger partial charge is 0.497 e. The summed E-state index contributed by atoms with van der Waals surface area (Å²) in [6, 6.07) is 16.9. The number of aromatic carboxylic acids is 1. The number of rotatable bonds is 11. The van der Waals surface area contributed by atoms with Crippen molar-refractivity contribution in [2.45, 2.75) is 25.7 Å². The first-order chi connectivity index (χ1) is 16.0. The Morgan fingerprint density at radius 3 is 1.58 bits per heavy atom. The zero-order valence-corrected chi connectivity index (χ0v) is 19.5. The molecule has 3 aromatic carbocycles. The standard InChI is InChI=1S/C27H30O6/c1-30-23-13-19(14-24(17-23)31-2)8-12-22-16-25(32-3)15-21(26(22)33-4)11-7-18-5-9-20(10-6-18)27(28)29/h5-6,9-10,13-17H,7-8,11-12H2,1-4H3,(H,28,29). The summed E-state index contributed by atoms with van der Waals surface area (Å²) in [5.41, 5.74) is 4.58. The van der Waals surface area contributed by atoms with Crippen molar-refractivity contribution in [1.29, 1.82) is 0 Å². The van der Waals surface area contributed by atoms with Crippen LogP contribution in [0.5, 0.6) is 23.0 Å². The van der Waals surface area contributed by atoms with E-state index in [1.165, 1.54) is 0 Å². The molecule has 6 heteroatoms. The van der Waals surface area contributed by atoms with Gasteiger partial charge in [-0.2, -0.15) is 0 Å². The van der Waals surface area contributed by atoms with Gasteiger partial charge in [0, 0.05) is 6.07 Å². The fourth-order valence-corrected chi connectivity index (χ4v) is 3.86. The van der Waals surface area contributed by atoms with Crippen LogP contribution in [-0.4, -0.2) is 39.5 Å². The lowest BCUT2D eigenvalue weighted by Gasteiger charge is -2.16. The fraction of sp³-hybridized carbons (Fsp3) is 0.296. The molecule has 0 saturated carbocycles. The van der Waals surface area contributed by atoms with Crippen molar-refractivity contribution in [2.24, 2.45) is 0 Å². The van der Waals surface area contributed by atoms with E-state index < -0.39 is 5.97 Å². The second-order valence-electron chi connectivity index (χ2n) is 7.70. The third kappa shape index (κ3) is 6.19. The first-order valence-corrected chi connectivity index (χ1v) is 10.7. The predicted octanol–water partition coefficient (Wildman–Crippen LogP) is 4.99. The van der Waals surface area contributed by atoms with E-state index in [2.05, 4.69) is 0 Å². The molecule has 0 amide bonds. The molecule has 174 valence electrons. The minimum Gasteiger partial charge on any atom is -0.497 e. The van der Waals surface area contributed by atoms with Crippen LogP contribution in [0.2, 0.25) is 0 Å². The highest BCUT2D eigenvalue weighted by molar-refractivity contribution is 5.87. The Hall–Kier alpha value is -3.67. The summed E-state index contributed by atoms with van der Waals surface area (Å²) >= 11 is 0. The van der Waals surface area contributed by atoms with Crippen molar-refractivity contribution >= 4 is 5.97 Å². The Labute approximate surface area is 194 Å². The van der Waals surface area contributed by atoms with Gasteiger partial charge in [-0.25, -0.2) is 4.79 Å². The zero-order chi connectivity index (χ0) is 23.8. The van der Waals surface area contributed by atoms with Crippen LogP contribution < -0.4 is 18.9 Å². The maximum atomic E-state index is 11.1. The van der Waals surface area contributed by atoms with Crippen molar-refractivity contribution in [1.82, 2.24) is 0 Å². The molecule has 0 atom stereocenters. The molecule has 1 N–H and O–H groups in total. The minimum atomic E-state index is -0.922. The topological polar surface area (TPSA) is 74.2 Å². The minimum absolute atomic E-state index is 0.286. The van der Waals surface area contributed by atoms with Crippen LogP contribution in [-0.2, 0) is 25.7 Å². The first-order valence-electron chi connectivity index (χ1n) is 10.7. The van der Waals surface area contributed by atoms with Gasteiger partial charge in [0.2, 0.25) is 0 Å². The molecular formula is C27H30O6. The molecule has 0 aliphatic heterocycles. The van der Waals surface area contributed by atoms with Crippen LogP contribution in [0.1, 0.15) is 32.6 Å². The lowest BCUT2D eigenvalue weighted by molar-refractivity contribution is 0.0697. The second-order valence-corrected chi connectivity index (χ2v) is 7.70. The van der Waals surface area contributed by atoms with Crippen LogP contribution >= 0.6 is 0 Å². The average Bonchev–Trinajstić information content (AvgIpc) is 2.85. The van der Waals surface area contributed by atoms with Gasteiger partial charge in [0.25, 0.3) is 0 Å². The molecule has 0 saturated heterocycles. The highest BCUT2D eigenvalue weighted by atomic mass is 16.5. The Morgan fingerprint density at radius 2 is 1.12 bits per heavy atom. The van der Waals surface area contributed by atoms with Gasteiger partial charge >= 0.3 is 5.97 Å². The van der Waals surface area contributed by atoms with Gasteiger partial charge in [0.05, 0.1) is 34.0 Å². The fourth-order valence-electron chi connectivity index (χ4n) is 3.86. The summed E-state index contributed by atoms with van der Waals surface area (Å²) in [7, 11) is 6.63. The quantitative estimate of drug-likeness (QED) is 0.444. The number of carboxylic acids is 1. The Bertz CT molecular complexity index is 1070. The number of benzene rings is 3. The van der Waals surface area contributed by atoms with Crippen LogP contribution in [0.15, 0.2) is 54.6 Å². The Kier molecular flexibility index (Phi) is 8.19. The summed E-state index contributed by atoms with van der Waals surface area (Å²) in [4.78, 5) is 11.1. The average molecular weight is 451 g/mol. The van der Waals surface area contributed by atoms with E-state index in [9.17, 15) is 4.79 Å². The van der Waals surface area contributed by atoms with Gasteiger partial charge < -0.3 is 24.1 Å². The summed E-state index contributed by atoms with van der Waals surface area (Å²) in [5.74, 6) is 2.24. The van der Waals surface area contributed by atoms with Gasteiger partial charge in [0.1, 0.15) is 23.0 Å². The van der Waals surface area contributed by atoms with Gasteiger partial charge in [-0.3, -0.25) is 0 Å². The number of carboxylic acid groups (broad SMARTS) is 1. The Balaban J connectivity index is 1.81. The van der Waals surface area contributed by atoms with Crippen LogP contribution in [0.25, 0.3) is 0 Å². The van der Waals surface area contributed by atoms with Crippen LogP contribution in [0, 0.1) is 0 Å². The third-order valence-electron chi connectivity index (χ3n) is 5.63. The van der Waals surface area contributed by atoms with E-state index in [-0.39, 0.29) is 5.56 Å². The first kappa shape index (κ1) is 24.0. The van der Waals surface area contributed by atoms with Gasteiger partial charge in [0.15, 0.2) is 0 Å². The molecule has 0 heterocycles.